The van der Waals surface area contributed by atoms with Gasteiger partial charge in [-0.05, 0) is 44.0 Å². The standard InChI is InChI=1S/C15H23N3O2/c1-2-20-15(19)14-5-3-4-8-18(14)11-12-6-7-17-13(9-12)10-16/h6-7,9,14H,2-5,8,10-11,16H2,1H3. The first kappa shape index (κ1) is 14.9. The number of hydrogen-bond donors (Lipinski definition) is 1. The van der Waals surface area contributed by atoms with E-state index in [1.807, 2.05) is 19.1 Å². The van der Waals surface area contributed by atoms with Crippen LogP contribution in [0.25, 0.3) is 0 Å². The van der Waals surface area contributed by atoms with Gasteiger partial charge in [0.1, 0.15) is 6.04 Å². The number of carbonyl (C=O) groups excluding carboxylic acids is 1. The van der Waals surface area contributed by atoms with Gasteiger partial charge in [0.2, 0.25) is 0 Å². The minimum atomic E-state index is -0.113. The summed E-state index contributed by atoms with van der Waals surface area (Å²) in [4.78, 5) is 18.4. The van der Waals surface area contributed by atoms with Crippen LogP contribution in [0, 0.1) is 0 Å². The van der Waals surface area contributed by atoms with Crippen LogP contribution in [-0.4, -0.2) is 35.0 Å². The summed E-state index contributed by atoms with van der Waals surface area (Å²) in [5, 5.41) is 0. The summed E-state index contributed by atoms with van der Waals surface area (Å²) < 4.78 is 5.18. The van der Waals surface area contributed by atoms with Crippen molar-refractivity contribution < 1.29 is 9.53 Å². The Hall–Kier alpha value is -1.46. The molecular formula is C15H23N3O2. The normalized spacial score (nSPS) is 19.8. The van der Waals surface area contributed by atoms with Crippen molar-refractivity contribution in [1.29, 1.82) is 0 Å². The summed E-state index contributed by atoms with van der Waals surface area (Å²) in [6.45, 7) is 4.41. The number of likely N-dealkylation sites (tertiary alicyclic amines) is 1. The minimum Gasteiger partial charge on any atom is -0.465 e. The molecule has 5 nitrogen and oxygen atoms in total. The first-order valence-corrected chi connectivity index (χ1v) is 7.29. The van der Waals surface area contributed by atoms with Crippen LogP contribution in [0.5, 0.6) is 0 Å². The average Bonchev–Trinajstić information content (AvgIpc) is 2.48. The van der Waals surface area contributed by atoms with Crippen LogP contribution < -0.4 is 5.73 Å². The zero-order valence-corrected chi connectivity index (χ0v) is 12.0. The van der Waals surface area contributed by atoms with E-state index in [1.54, 1.807) is 6.20 Å². The Morgan fingerprint density at radius 2 is 2.40 bits per heavy atom. The van der Waals surface area contributed by atoms with E-state index in [2.05, 4.69) is 9.88 Å². The van der Waals surface area contributed by atoms with Crippen molar-refractivity contribution in [2.24, 2.45) is 5.73 Å². The van der Waals surface area contributed by atoms with Gasteiger partial charge in [0.05, 0.1) is 12.3 Å². The van der Waals surface area contributed by atoms with E-state index >= 15 is 0 Å². The quantitative estimate of drug-likeness (QED) is 0.825. The van der Waals surface area contributed by atoms with E-state index in [1.165, 1.54) is 0 Å². The molecule has 1 unspecified atom stereocenters. The van der Waals surface area contributed by atoms with Crippen molar-refractivity contribution in [2.75, 3.05) is 13.2 Å². The largest absolute Gasteiger partial charge is 0.465 e. The molecule has 1 aromatic rings. The molecule has 110 valence electrons. The lowest BCUT2D eigenvalue weighted by atomic mass is 10.0. The first-order valence-electron chi connectivity index (χ1n) is 7.29. The van der Waals surface area contributed by atoms with Crippen LogP contribution in [-0.2, 0) is 22.6 Å². The van der Waals surface area contributed by atoms with Crippen molar-refractivity contribution >= 4 is 5.97 Å². The fraction of sp³-hybridized carbons (Fsp3) is 0.600. The summed E-state index contributed by atoms with van der Waals surface area (Å²) in [6.07, 6.45) is 4.88. The van der Waals surface area contributed by atoms with E-state index in [-0.39, 0.29) is 12.0 Å². The monoisotopic (exact) mass is 277 g/mol. The van der Waals surface area contributed by atoms with Crippen molar-refractivity contribution in [3.8, 4) is 0 Å². The lowest BCUT2D eigenvalue weighted by Gasteiger charge is -2.33. The summed E-state index contributed by atoms with van der Waals surface area (Å²) in [5.74, 6) is -0.0969. The number of piperidine rings is 1. The van der Waals surface area contributed by atoms with Gasteiger partial charge in [-0.2, -0.15) is 0 Å². The molecule has 0 amide bonds. The van der Waals surface area contributed by atoms with Crippen LogP contribution in [0.15, 0.2) is 18.3 Å². The Kier molecular flexibility index (Phi) is 5.49. The van der Waals surface area contributed by atoms with E-state index in [0.717, 1.165) is 43.6 Å². The molecule has 1 atom stereocenters. The third-order valence-corrected chi connectivity index (χ3v) is 3.65. The predicted octanol–water partition coefficient (Wildman–Crippen LogP) is 1.46. The van der Waals surface area contributed by atoms with Gasteiger partial charge in [-0.15, -0.1) is 0 Å². The number of pyridine rings is 1. The number of esters is 1. The SMILES string of the molecule is CCOC(=O)C1CCCCN1Cc1ccnc(CN)c1. The van der Waals surface area contributed by atoms with Gasteiger partial charge in [-0.1, -0.05) is 6.42 Å². The van der Waals surface area contributed by atoms with E-state index in [4.69, 9.17) is 10.5 Å². The zero-order valence-electron chi connectivity index (χ0n) is 12.0. The Morgan fingerprint density at radius 3 is 3.15 bits per heavy atom. The second-order valence-corrected chi connectivity index (χ2v) is 5.09. The molecule has 0 aromatic carbocycles. The molecule has 1 saturated heterocycles. The van der Waals surface area contributed by atoms with Crippen LogP contribution in [0.3, 0.4) is 0 Å². The number of aromatic nitrogens is 1. The minimum absolute atomic E-state index is 0.0969. The molecule has 1 aliphatic rings. The maximum atomic E-state index is 12.0. The summed E-state index contributed by atoms with van der Waals surface area (Å²) in [5.41, 5.74) is 7.65. The highest BCUT2D eigenvalue weighted by atomic mass is 16.5. The fourth-order valence-corrected chi connectivity index (χ4v) is 2.66. The number of ether oxygens (including phenoxy) is 1. The molecule has 5 heteroatoms. The van der Waals surface area contributed by atoms with Gasteiger partial charge in [0, 0.05) is 19.3 Å². The van der Waals surface area contributed by atoms with Crippen LogP contribution in [0.1, 0.15) is 37.4 Å². The molecule has 0 spiro atoms. The summed E-state index contributed by atoms with van der Waals surface area (Å²) >= 11 is 0. The Morgan fingerprint density at radius 1 is 1.55 bits per heavy atom. The van der Waals surface area contributed by atoms with Gasteiger partial charge in [0.15, 0.2) is 0 Å². The highest BCUT2D eigenvalue weighted by Gasteiger charge is 2.29. The van der Waals surface area contributed by atoms with Gasteiger partial charge in [0.25, 0.3) is 0 Å². The third kappa shape index (κ3) is 3.77. The molecule has 0 bridgehead atoms. The first-order chi connectivity index (χ1) is 9.74. The molecule has 2 N–H and O–H groups in total. The predicted molar refractivity (Wildman–Crippen MR) is 76.8 cm³/mol. The average molecular weight is 277 g/mol. The van der Waals surface area contributed by atoms with Crippen molar-refractivity contribution in [3.05, 3.63) is 29.6 Å². The number of nitrogens with zero attached hydrogens (tertiary/aromatic N) is 2. The van der Waals surface area contributed by atoms with Gasteiger partial charge >= 0.3 is 5.97 Å². The summed E-state index contributed by atoms with van der Waals surface area (Å²) in [7, 11) is 0. The highest BCUT2D eigenvalue weighted by molar-refractivity contribution is 5.75. The molecule has 0 radical (unpaired) electrons. The van der Waals surface area contributed by atoms with Crippen molar-refractivity contribution in [1.82, 2.24) is 9.88 Å². The molecule has 2 heterocycles. The molecule has 1 fully saturated rings. The van der Waals surface area contributed by atoms with Crippen molar-refractivity contribution in [3.63, 3.8) is 0 Å². The number of hydrogen-bond acceptors (Lipinski definition) is 5. The van der Waals surface area contributed by atoms with Gasteiger partial charge in [-0.25, -0.2) is 0 Å². The summed E-state index contributed by atoms with van der Waals surface area (Å²) in [6, 6.07) is 3.88. The van der Waals surface area contributed by atoms with Crippen molar-refractivity contribution in [2.45, 2.75) is 45.3 Å². The Labute approximate surface area is 120 Å². The van der Waals surface area contributed by atoms with E-state index < -0.39 is 0 Å². The molecule has 0 saturated carbocycles. The van der Waals surface area contributed by atoms with E-state index in [9.17, 15) is 4.79 Å². The molecule has 2 rings (SSSR count). The van der Waals surface area contributed by atoms with Gasteiger partial charge in [-0.3, -0.25) is 14.7 Å². The zero-order chi connectivity index (χ0) is 14.4. The fourth-order valence-electron chi connectivity index (χ4n) is 2.66. The molecule has 0 aliphatic carbocycles. The molecule has 20 heavy (non-hydrogen) atoms. The Balaban J connectivity index is 2.06. The van der Waals surface area contributed by atoms with Crippen LogP contribution >= 0.6 is 0 Å². The molecular weight excluding hydrogens is 254 g/mol. The van der Waals surface area contributed by atoms with E-state index in [0.29, 0.717) is 13.2 Å². The lowest BCUT2D eigenvalue weighted by molar-refractivity contribution is -0.151. The lowest BCUT2D eigenvalue weighted by Crippen LogP contribution is -2.44. The Bertz CT molecular complexity index is 450. The second-order valence-electron chi connectivity index (χ2n) is 5.09. The van der Waals surface area contributed by atoms with Crippen LogP contribution in [0.2, 0.25) is 0 Å². The maximum absolute atomic E-state index is 12.0. The molecule has 1 aliphatic heterocycles. The highest BCUT2D eigenvalue weighted by Crippen LogP contribution is 2.20. The molecule has 1 aromatic heterocycles. The smallest absolute Gasteiger partial charge is 0.323 e. The number of nitrogens with two attached hydrogens (primary N) is 1. The number of carbonyl (C=O) groups is 1. The van der Waals surface area contributed by atoms with Gasteiger partial charge < -0.3 is 10.5 Å². The maximum Gasteiger partial charge on any atom is 0.323 e. The van der Waals surface area contributed by atoms with Crippen LogP contribution in [0.4, 0.5) is 0 Å². The third-order valence-electron chi connectivity index (χ3n) is 3.65. The second kappa shape index (κ2) is 7.36. The number of rotatable bonds is 5. The topological polar surface area (TPSA) is 68.5 Å².